The molecule has 3 rings (SSSR count). The Morgan fingerprint density at radius 2 is 1.89 bits per heavy atom. The fourth-order valence-electron chi connectivity index (χ4n) is 2.59. The van der Waals surface area contributed by atoms with E-state index in [1.807, 2.05) is 6.07 Å². The van der Waals surface area contributed by atoms with Gasteiger partial charge in [0.2, 0.25) is 0 Å². The molecular weight excluding hydrogens is 354 g/mol. The summed E-state index contributed by atoms with van der Waals surface area (Å²) in [6, 6.07) is 21.2. The van der Waals surface area contributed by atoms with E-state index in [0.717, 1.165) is 11.1 Å². The molecule has 0 saturated heterocycles. The molecule has 1 radical (unpaired) electrons. The molecule has 0 aliphatic carbocycles. The SMILES string of the molecule is C=CCC(=O)c1ccc(OC(=O)Nc2cc[c]c(-c3cccc(O)c3)c2)cc1. The number of allylic oxidation sites excluding steroid dienone is 1. The minimum atomic E-state index is -0.654. The van der Waals surface area contributed by atoms with Gasteiger partial charge in [0.05, 0.1) is 0 Å². The van der Waals surface area contributed by atoms with Crippen molar-refractivity contribution >= 4 is 17.6 Å². The first-order valence-corrected chi connectivity index (χ1v) is 8.59. The van der Waals surface area contributed by atoms with Gasteiger partial charge in [-0.1, -0.05) is 24.3 Å². The smallest absolute Gasteiger partial charge is 0.417 e. The van der Waals surface area contributed by atoms with E-state index in [1.54, 1.807) is 66.7 Å². The lowest BCUT2D eigenvalue weighted by Gasteiger charge is -2.09. The van der Waals surface area contributed by atoms with Crippen LogP contribution in [-0.2, 0) is 0 Å². The first-order valence-electron chi connectivity index (χ1n) is 8.59. The van der Waals surface area contributed by atoms with Crippen LogP contribution in [0.15, 0.2) is 79.4 Å². The Morgan fingerprint density at radius 3 is 2.61 bits per heavy atom. The van der Waals surface area contributed by atoms with E-state index >= 15 is 0 Å². The van der Waals surface area contributed by atoms with Crippen molar-refractivity contribution in [1.29, 1.82) is 0 Å². The molecule has 0 bridgehead atoms. The summed E-state index contributed by atoms with van der Waals surface area (Å²) in [5, 5.41) is 12.3. The van der Waals surface area contributed by atoms with Gasteiger partial charge in [0.15, 0.2) is 5.78 Å². The fraction of sp³-hybridized carbons (Fsp3) is 0.0435. The predicted molar refractivity (Wildman–Crippen MR) is 108 cm³/mol. The predicted octanol–water partition coefficient (Wildman–Crippen LogP) is 5.23. The zero-order chi connectivity index (χ0) is 19.9. The molecule has 0 unspecified atom stereocenters. The van der Waals surface area contributed by atoms with E-state index in [-0.39, 0.29) is 18.0 Å². The summed E-state index contributed by atoms with van der Waals surface area (Å²) in [5.74, 6) is 0.424. The number of carbonyl (C=O) groups is 2. The van der Waals surface area contributed by atoms with Crippen molar-refractivity contribution in [3.8, 4) is 22.6 Å². The van der Waals surface area contributed by atoms with Crippen molar-refractivity contribution in [3.63, 3.8) is 0 Å². The third kappa shape index (κ3) is 4.86. The molecule has 0 atom stereocenters. The Bertz CT molecular complexity index is 1010. The topological polar surface area (TPSA) is 75.6 Å². The van der Waals surface area contributed by atoms with Crippen LogP contribution in [-0.4, -0.2) is 17.0 Å². The lowest BCUT2D eigenvalue weighted by atomic mass is 10.0. The summed E-state index contributed by atoms with van der Waals surface area (Å²) in [7, 11) is 0. The maximum Gasteiger partial charge on any atom is 0.417 e. The number of anilines is 1. The fourth-order valence-corrected chi connectivity index (χ4v) is 2.59. The van der Waals surface area contributed by atoms with Crippen molar-refractivity contribution in [1.82, 2.24) is 0 Å². The number of phenolic OH excluding ortho intramolecular Hbond substituents is 1. The molecule has 0 aromatic heterocycles. The van der Waals surface area contributed by atoms with E-state index in [9.17, 15) is 14.7 Å². The Morgan fingerprint density at radius 1 is 1.11 bits per heavy atom. The van der Waals surface area contributed by atoms with Gasteiger partial charge in [-0.05, 0) is 65.7 Å². The van der Waals surface area contributed by atoms with Crippen LogP contribution < -0.4 is 10.1 Å². The summed E-state index contributed by atoms with van der Waals surface area (Å²) in [4.78, 5) is 23.9. The highest BCUT2D eigenvalue weighted by atomic mass is 16.6. The van der Waals surface area contributed by atoms with Gasteiger partial charge in [-0.25, -0.2) is 4.79 Å². The van der Waals surface area contributed by atoms with Crippen LogP contribution in [0.5, 0.6) is 11.5 Å². The van der Waals surface area contributed by atoms with Crippen molar-refractivity contribution in [2.24, 2.45) is 0 Å². The number of phenols is 1. The highest BCUT2D eigenvalue weighted by Crippen LogP contribution is 2.25. The number of Topliss-reactive ketones (excluding diaryl/α,β-unsaturated/α-hetero) is 1. The number of aromatic hydroxyl groups is 1. The van der Waals surface area contributed by atoms with E-state index in [2.05, 4.69) is 18.0 Å². The molecule has 0 spiro atoms. The lowest BCUT2D eigenvalue weighted by Crippen LogP contribution is -2.16. The van der Waals surface area contributed by atoms with E-state index in [0.29, 0.717) is 17.0 Å². The van der Waals surface area contributed by atoms with Crippen LogP contribution in [0.3, 0.4) is 0 Å². The van der Waals surface area contributed by atoms with Gasteiger partial charge in [-0.2, -0.15) is 0 Å². The van der Waals surface area contributed by atoms with Crippen LogP contribution in [0.2, 0.25) is 0 Å². The lowest BCUT2D eigenvalue weighted by molar-refractivity contribution is 0.0996. The Hall–Kier alpha value is -3.86. The highest BCUT2D eigenvalue weighted by molar-refractivity contribution is 5.97. The number of hydrogen-bond donors (Lipinski definition) is 2. The molecule has 2 N–H and O–H groups in total. The summed E-state index contributed by atoms with van der Waals surface area (Å²) < 4.78 is 5.25. The van der Waals surface area contributed by atoms with E-state index < -0.39 is 6.09 Å². The second-order valence-corrected chi connectivity index (χ2v) is 6.00. The molecule has 3 aromatic carbocycles. The number of hydrogen-bond acceptors (Lipinski definition) is 4. The Labute approximate surface area is 162 Å². The second-order valence-electron chi connectivity index (χ2n) is 6.00. The molecule has 0 heterocycles. The van der Waals surface area contributed by atoms with Gasteiger partial charge in [0, 0.05) is 17.7 Å². The standard InChI is InChI=1S/C23H18NO4/c1-2-5-22(26)16-10-12-21(13-11-16)28-23(27)24-19-8-3-6-17(14-19)18-7-4-9-20(25)15-18/h2-4,7-15,25H,1,5H2,(H,24,27). The number of ether oxygens (including phenoxy) is 1. The van der Waals surface area contributed by atoms with Crippen molar-refractivity contribution < 1.29 is 19.4 Å². The minimum absolute atomic E-state index is 0.0500. The third-order valence-corrected chi connectivity index (χ3v) is 3.92. The van der Waals surface area contributed by atoms with E-state index in [1.165, 1.54) is 0 Å². The molecule has 0 aliphatic heterocycles. The molecular formula is C23H18NO4. The van der Waals surface area contributed by atoms with Crippen LogP contribution in [0.1, 0.15) is 16.8 Å². The maximum absolute atomic E-state index is 12.1. The Kier molecular flexibility index (Phi) is 5.87. The number of amides is 1. The monoisotopic (exact) mass is 372 g/mol. The number of ketones is 1. The normalized spacial score (nSPS) is 10.1. The summed E-state index contributed by atoms with van der Waals surface area (Å²) in [6.45, 7) is 3.54. The van der Waals surface area contributed by atoms with Gasteiger partial charge in [0.1, 0.15) is 11.5 Å². The molecule has 139 valence electrons. The summed E-state index contributed by atoms with van der Waals surface area (Å²) in [5.41, 5.74) is 2.55. The molecule has 5 heteroatoms. The van der Waals surface area contributed by atoms with Crippen LogP contribution in [0.25, 0.3) is 11.1 Å². The molecule has 3 aromatic rings. The van der Waals surface area contributed by atoms with Crippen LogP contribution in [0.4, 0.5) is 10.5 Å². The number of rotatable bonds is 6. The first-order chi connectivity index (χ1) is 13.5. The van der Waals surface area contributed by atoms with Gasteiger partial charge >= 0.3 is 6.09 Å². The molecule has 28 heavy (non-hydrogen) atoms. The second kappa shape index (κ2) is 8.68. The van der Waals surface area contributed by atoms with Crippen molar-refractivity contribution in [2.45, 2.75) is 6.42 Å². The molecule has 5 nitrogen and oxygen atoms in total. The molecule has 0 fully saturated rings. The zero-order valence-corrected chi connectivity index (χ0v) is 15.0. The third-order valence-electron chi connectivity index (χ3n) is 3.92. The van der Waals surface area contributed by atoms with Crippen LogP contribution in [0, 0.1) is 6.07 Å². The summed E-state index contributed by atoms with van der Waals surface area (Å²) >= 11 is 0. The van der Waals surface area contributed by atoms with Gasteiger partial charge in [-0.3, -0.25) is 10.1 Å². The highest BCUT2D eigenvalue weighted by Gasteiger charge is 2.08. The average molecular weight is 372 g/mol. The number of nitrogens with one attached hydrogen (secondary N) is 1. The number of carbonyl (C=O) groups excluding carboxylic acids is 2. The van der Waals surface area contributed by atoms with Crippen molar-refractivity contribution in [3.05, 3.63) is 91.0 Å². The largest absolute Gasteiger partial charge is 0.508 e. The average Bonchev–Trinajstić information content (AvgIpc) is 2.69. The van der Waals surface area contributed by atoms with Gasteiger partial charge in [0.25, 0.3) is 0 Å². The maximum atomic E-state index is 12.1. The van der Waals surface area contributed by atoms with Crippen molar-refractivity contribution in [2.75, 3.05) is 5.32 Å². The molecule has 0 aliphatic rings. The molecule has 1 amide bonds. The summed E-state index contributed by atoms with van der Waals surface area (Å²) in [6.07, 6.45) is 1.15. The minimum Gasteiger partial charge on any atom is -0.508 e. The van der Waals surface area contributed by atoms with Gasteiger partial charge in [-0.15, -0.1) is 6.58 Å². The van der Waals surface area contributed by atoms with E-state index in [4.69, 9.17) is 4.74 Å². The Balaban J connectivity index is 1.66. The first kappa shape index (κ1) is 18.9. The quantitative estimate of drug-likeness (QED) is 0.459. The zero-order valence-electron chi connectivity index (χ0n) is 15.0. The molecule has 0 saturated carbocycles. The number of benzene rings is 3. The van der Waals surface area contributed by atoms with Crippen LogP contribution >= 0.6 is 0 Å². The van der Waals surface area contributed by atoms with Gasteiger partial charge < -0.3 is 9.84 Å².